The van der Waals surface area contributed by atoms with Gasteiger partial charge in [-0.2, -0.15) is 8.75 Å². The van der Waals surface area contributed by atoms with Crippen LogP contribution in [0.1, 0.15) is 22.3 Å². The molecule has 0 fully saturated rings. The van der Waals surface area contributed by atoms with E-state index in [-0.39, 0.29) is 0 Å². The van der Waals surface area contributed by atoms with E-state index in [1.807, 2.05) is 0 Å². The highest BCUT2D eigenvalue weighted by Crippen LogP contribution is 2.44. The molecule has 5 aromatic heterocycles. The molecule has 0 bridgehead atoms. The standard InChI is InChI=1S/C58H40N6S/c1-33-23-34(2)26-37(25-33)61-47-17-9-5-13-39(47)43-31-55-45(29-53(43)61)41-15-7-11-19-49(41)63(55)51-21-22-52(58-57(51)59-65-60-58)64-50-20-12-8-16-42(50)46-30-54-44(32-56(46)64)40-14-6-10-18-48(40)62(54)38-27-35(3)24-36(4)28-38/h5-32H,1-4H3. The fourth-order valence-electron chi connectivity index (χ4n) is 11.3. The number of benzene rings is 9. The lowest BCUT2D eigenvalue weighted by Gasteiger charge is -2.13. The molecule has 5 heterocycles. The van der Waals surface area contributed by atoms with E-state index in [9.17, 15) is 0 Å². The number of aryl methyl sites for hydroxylation is 4. The van der Waals surface area contributed by atoms with Crippen molar-refractivity contribution in [3.63, 3.8) is 0 Å². The van der Waals surface area contributed by atoms with Crippen molar-refractivity contribution in [1.82, 2.24) is 27.0 Å². The fourth-order valence-corrected chi connectivity index (χ4v) is 11.9. The van der Waals surface area contributed by atoms with Crippen LogP contribution in [0, 0.1) is 27.7 Å². The lowest BCUT2D eigenvalue weighted by molar-refractivity contribution is 1.15. The summed E-state index contributed by atoms with van der Waals surface area (Å²) < 4.78 is 20.0. The van der Waals surface area contributed by atoms with Crippen LogP contribution in [0.2, 0.25) is 0 Å². The van der Waals surface area contributed by atoms with Gasteiger partial charge in [-0.3, -0.25) is 0 Å². The molecule has 0 aliphatic rings. The fraction of sp³-hybridized carbons (Fsp3) is 0.0690. The number of fused-ring (bicyclic) bond motifs is 13. The average Bonchev–Trinajstić information content (AvgIpc) is 4.13. The maximum absolute atomic E-state index is 5.12. The van der Waals surface area contributed by atoms with Crippen molar-refractivity contribution < 1.29 is 0 Å². The molecule has 65 heavy (non-hydrogen) atoms. The van der Waals surface area contributed by atoms with Gasteiger partial charge in [-0.1, -0.05) is 84.9 Å². The smallest absolute Gasteiger partial charge is 0.130 e. The van der Waals surface area contributed by atoms with Crippen molar-refractivity contribution in [1.29, 1.82) is 0 Å². The van der Waals surface area contributed by atoms with E-state index in [0.717, 1.165) is 44.5 Å². The molecule has 0 aliphatic carbocycles. The zero-order valence-electron chi connectivity index (χ0n) is 36.3. The van der Waals surface area contributed by atoms with Gasteiger partial charge in [0.2, 0.25) is 0 Å². The maximum Gasteiger partial charge on any atom is 0.130 e. The van der Waals surface area contributed by atoms with Crippen LogP contribution in [0.25, 0.3) is 121 Å². The molecule has 7 heteroatoms. The third kappa shape index (κ3) is 5.10. The predicted octanol–water partition coefficient (Wildman–Crippen LogP) is 15.3. The van der Waals surface area contributed by atoms with E-state index < -0.39 is 0 Å². The Morgan fingerprint density at radius 2 is 0.585 bits per heavy atom. The van der Waals surface area contributed by atoms with E-state index in [1.54, 1.807) is 0 Å². The topological polar surface area (TPSA) is 45.5 Å². The quantitative estimate of drug-likeness (QED) is 0.177. The largest absolute Gasteiger partial charge is 0.309 e. The Labute approximate surface area is 377 Å². The number of hydrogen-bond donors (Lipinski definition) is 0. The summed E-state index contributed by atoms with van der Waals surface area (Å²) in [6.45, 7) is 8.73. The molecular formula is C58H40N6S. The molecule has 0 saturated carbocycles. The van der Waals surface area contributed by atoms with Gasteiger partial charge in [-0.25, -0.2) is 0 Å². The first kappa shape index (κ1) is 36.5. The van der Waals surface area contributed by atoms with Crippen LogP contribution in [0.3, 0.4) is 0 Å². The van der Waals surface area contributed by atoms with Crippen LogP contribution in [0.5, 0.6) is 0 Å². The molecule has 14 aromatic rings. The van der Waals surface area contributed by atoms with Gasteiger partial charge >= 0.3 is 0 Å². The van der Waals surface area contributed by atoms with Gasteiger partial charge in [0.1, 0.15) is 11.0 Å². The number of aromatic nitrogens is 6. The molecule has 0 radical (unpaired) electrons. The number of rotatable bonds is 4. The summed E-state index contributed by atoms with van der Waals surface area (Å²) in [5.74, 6) is 0. The first-order valence-electron chi connectivity index (χ1n) is 22.2. The molecule has 308 valence electrons. The van der Waals surface area contributed by atoms with Crippen LogP contribution >= 0.6 is 11.7 Å². The third-order valence-corrected chi connectivity index (χ3v) is 14.2. The van der Waals surface area contributed by atoms with E-state index in [4.69, 9.17) is 8.75 Å². The van der Waals surface area contributed by atoms with Crippen molar-refractivity contribution in [2.24, 2.45) is 0 Å². The molecular weight excluding hydrogens is 813 g/mol. The minimum absolute atomic E-state index is 0.881. The summed E-state index contributed by atoms with van der Waals surface area (Å²) in [6.07, 6.45) is 0. The zero-order valence-corrected chi connectivity index (χ0v) is 37.1. The van der Waals surface area contributed by atoms with Gasteiger partial charge < -0.3 is 18.3 Å². The van der Waals surface area contributed by atoms with E-state index >= 15 is 0 Å². The molecule has 0 aliphatic heterocycles. The number of para-hydroxylation sites is 4. The van der Waals surface area contributed by atoms with Gasteiger partial charge in [0.05, 0.1) is 67.2 Å². The first-order valence-corrected chi connectivity index (χ1v) is 23.0. The molecule has 0 saturated heterocycles. The molecule has 0 unspecified atom stereocenters. The Kier molecular flexibility index (Phi) is 7.45. The van der Waals surface area contributed by atoms with Crippen LogP contribution < -0.4 is 0 Å². The van der Waals surface area contributed by atoms with Crippen LogP contribution in [0.15, 0.2) is 170 Å². The SMILES string of the molecule is Cc1cc(C)cc(-n2c3ccccc3c3cc4c(cc32)c2ccccc2n4-c2ccc(-n3c4ccccc4c4cc5c(cc43)c3ccccc3n5-c3cc(C)cc(C)c3)c3nsnc23)c1. The van der Waals surface area contributed by atoms with Crippen molar-refractivity contribution in [3.05, 3.63) is 192 Å². The molecule has 0 spiro atoms. The molecule has 9 aromatic carbocycles. The van der Waals surface area contributed by atoms with Crippen LogP contribution in [-0.2, 0) is 0 Å². The maximum atomic E-state index is 5.12. The monoisotopic (exact) mass is 852 g/mol. The number of hydrogen-bond acceptors (Lipinski definition) is 3. The zero-order chi connectivity index (χ0) is 43.2. The number of nitrogens with zero attached hydrogens (tertiary/aromatic N) is 6. The van der Waals surface area contributed by atoms with Gasteiger partial charge in [0.15, 0.2) is 0 Å². The molecule has 0 amide bonds. The highest BCUT2D eigenvalue weighted by Gasteiger charge is 2.24. The minimum atomic E-state index is 0.881. The second kappa shape index (κ2) is 13.3. The van der Waals surface area contributed by atoms with Gasteiger partial charge in [-0.15, -0.1) is 0 Å². The first-order chi connectivity index (χ1) is 31.9. The summed E-state index contributed by atoms with van der Waals surface area (Å²) in [4.78, 5) is 0. The summed E-state index contributed by atoms with van der Waals surface area (Å²) in [5.41, 5.74) is 20.5. The molecule has 0 atom stereocenters. The van der Waals surface area contributed by atoms with Crippen molar-refractivity contribution >= 4 is 110 Å². The lowest BCUT2D eigenvalue weighted by atomic mass is 10.1. The highest BCUT2D eigenvalue weighted by atomic mass is 32.1. The van der Waals surface area contributed by atoms with Gasteiger partial charge in [0.25, 0.3) is 0 Å². The van der Waals surface area contributed by atoms with Crippen LogP contribution in [-0.4, -0.2) is 27.0 Å². The van der Waals surface area contributed by atoms with Crippen LogP contribution in [0.4, 0.5) is 0 Å². The lowest BCUT2D eigenvalue weighted by Crippen LogP contribution is -2.00. The van der Waals surface area contributed by atoms with E-state index in [0.29, 0.717) is 0 Å². The molecule has 14 rings (SSSR count). The van der Waals surface area contributed by atoms with Crippen molar-refractivity contribution in [2.45, 2.75) is 27.7 Å². The van der Waals surface area contributed by atoms with E-state index in [2.05, 4.69) is 216 Å². The minimum Gasteiger partial charge on any atom is -0.309 e. The average molecular weight is 853 g/mol. The second-order valence-electron chi connectivity index (χ2n) is 17.9. The highest BCUT2D eigenvalue weighted by molar-refractivity contribution is 7.00. The molecule has 0 N–H and O–H groups in total. The Hall–Kier alpha value is -8.00. The summed E-state index contributed by atoms with van der Waals surface area (Å²) in [5, 5.41) is 9.71. The summed E-state index contributed by atoms with van der Waals surface area (Å²) in [6, 6.07) is 63.0. The summed E-state index contributed by atoms with van der Waals surface area (Å²) >= 11 is 1.28. The second-order valence-corrected chi connectivity index (χ2v) is 18.5. The summed E-state index contributed by atoms with van der Waals surface area (Å²) in [7, 11) is 0. The Morgan fingerprint density at radius 3 is 0.923 bits per heavy atom. The van der Waals surface area contributed by atoms with Crippen molar-refractivity contribution in [2.75, 3.05) is 0 Å². The van der Waals surface area contributed by atoms with Gasteiger partial charge in [0, 0.05) is 54.5 Å². The Balaban J connectivity index is 1.03. The van der Waals surface area contributed by atoms with Gasteiger partial charge in [-0.05, 0) is 135 Å². The van der Waals surface area contributed by atoms with E-state index in [1.165, 1.54) is 111 Å². The molecule has 6 nitrogen and oxygen atoms in total. The van der Waals surface area contributed by atoms with Crippen molar-refractivity contribution in [3.8, 4) is 22.7 Å². The normalized spacial score (nSPS) is 12.3. The third-order valence-electron chi connectivity index (χ3n) is 13.7. The predicted molar refractivity (Wildman–Crippen MR) is 274 cm³/mol. The Bertz CT molecular complexity index is 4040. The Morgan fingerprint density at radius 1 is 0.292 bits per heavy atom.